The number of carbonyl (C=O) groups excluding carboxylic acids is 3. The van der Waals surface area contributed by atoms with Crippen LogP contribution in [0.3, 0.4) is 0 Å². The topological polar surface area (TPSA) is 112 Å². The van der Waals surface area contributed by atoms with Crippen molar-refractivity contribution in [2.45, 2.75) is 37.6 Å². The molecule has 200 valence electrons. The monoisotopic (exact) mass is 545 g/mol. The Morgan fingerprint density at radius 1 is 1.00 bits per heavy atom. The summed E-state index contributed by atoms with van der Waals surface area (Å²) in [6, 6.07) is 24.2. The third kappa shape index (κ3) is 5.82. The maximum absolute atomic E-state index is 13.8. The van der Waals surface area contributed by atoms with E-state index in [2.05, 4.69) is 10.3 Å². The molecule has 0 radical (unpaired) electrons. The number of hydrogen-bond donors (Lipinski definition) is 3. The molecule has 1 aliphatic rings. The van der Waals surface area contributed by atoms with Gasteiger partial charge in [0.25, 0.3) is 5.91 Å². The molecule has 8 nitrogen and oxygen atoms in total. The zero-order valence-corrected chi connectivity index (χ0v) is 21.9. The molecule has 1 aromatic heterocycles. The quantitative estimate of drug-likeness (QED) is 0.287. The molecule has 0 bridgehead atoms. The molecule has 39 heavy (non-hydrogen) atoms. The minimum absolute atomic E-state index is 0.0292. The van der Waals surface area contributed by atoms with Crippen molar-refractivity contribution in [3.63, 3.8) is 0 Å². The van der Waals surface area contributed by atoms with Gasteiger partial charge in [-0.1, -0.05) is 72.3 Å². The summed E-state index contributed by atoms with van der Waals surface area (Å²) in [7, 11) is 0. The number of fused-ring (bicyclic) bond motifs is 1. The minimum Gasteiger partial charge on any atom is -0.457 e. The number of esters is 1. The number of H-pyrrole nitrogens is 1. The van der Waals surface area contributed by atoms with Crippen molar-refractivity contribution in [3.8, 4) is 0 Å². The van der Waals surface area contributed by atoms with Gasteiger partial charge in [-0.05, 0) is 41.8 Å². The second-order valence-corrected chi connectivity index (χ2v) is 10.0. The van der Waals surface area contributed by atoms with E-state index in [1.165, 1.54) is 0 Å². The summed E-state index contributed by atoms with van der Waals surface area (Å²) >= 11 is 6.08. The predicted molar refractivity (Wildman–Crippen MR) is 147 cm³/mol. The molecule has 1 saturated heterocycles. The number of nitrogens with one attached hydrogen (secondary N) is 2. The van der Waals surface area contributed by atoms with Crippen LogP contribution in [0.1, 0.15) is 34.5 Å². The lowest BCUT2D eigenvalue weighted by molar-refractivity contribution is -0.189. The second-order valence-electron chi connectivity index (χ2n) is 9.60. The summed E-state index contributed by atoms with van der Waals surface area (Å²) in [6.45, 7) is 0.125. The first-order chi connectivity index (χ1) is 18.8. The van der Waals surface area contributed by atoms with Gasteiger partial charge in [-0.3, -0.25) is 9.59 Å². The van der Waals surface area contributed by atoms with E-state index in [0.29, 0.717) is 11.4 Å². The number of nitrogens with zero attached hydrogens (tertiary/aromatic N) is 1. The molecule has 0 saturated carbocycles. The van der Waals surface area contributed by atoms with Gasteiger partial charge < -0.3 is 25.0 Å². The Labute approximate surface area is 230 Å². The Morgan fingerprint density at radius 3 is 2.41 bits per heavy atom. The van der Waals surface area contributed by atoms with Crippen LogP contribution >= 0.6 is 11.6 Å². The van der Waals surface area contributed by atoms with Gasteiger partial charge in [-0.25, -0.2) is 4.79 Å². The normalized spacial score (nSPS) is 17.6. The maximum Gasteiger partial charge on any atom is 0.360 e. The molecule has 3 N–H and O–H groups in total. The molecule has 5 rings (SSSR count). The van der Waals surface area contributed by atoms with Crippen molar-refractivity contribution in [1.29, 1.82) is 0 Å². The highest BCUT2D eigenvalue weighted by atomic mass is 35.5. The van der Waals surface area contributed by atoms with Crippen LogP contribution in [0.25, 0.3) is 10.9 Å². The van der Waals surface area contributed by atoms with E-state index in [4.69, 9.17) is 16.3 Å². The van der Waals surface area contributed by atoms with Gasteiger partial charge >= 0.3 is 5.97 Å². The number of ether oxygens (including phenoxy) is 1. The van der Waals surface area contributed by atoms with Crippen LogP contribution < -0.4 is 5.32 Å². The van der Waals surface area contributed by atoms with Gasteiger partial charge in [0, 0.05) is 35.3 Å². The third-order valence-electron chi connectivity index (χ3n) is 6.87. The smallest absolute Gasteiger partial charge is 0.360 e. The Balaban J connectivity index is 1.37. The molecule has 1 fully saturated rings. The number of aliphatic hydroxyl groups is 1. The number of likely N-dealkylation sites (tertiary alicyclic amines) is 1. The van der Waals surface area contributed by atoms with Crippen LogP contribution in [-0.4, -0.2) is 51.1 Å². The van der Waals surface area contributed by atoms with Crippen LogP contribution in [0.5, 0.6) is 0 Å². The maximum atomic E-state index is 13.8. The lowest BCUT2D eigenvalue weighted by atomic mass is 10.0. The molecule has 2 atom stereocenters. The molecular formula is C30H28ClN3O5. The highest BCUT2D eigenvalue weighted by molar-refractivity contribution is 6.31. The van der Waals surface area contributed by atoms with E-state index in [1.807, 2.05) is 48.5 Å². The molecule has 3 aromatic carbocycles. The molecule has 0 spiro atoms. The van der Waals surface area contributed by atoms with Gasteiger partial charge in [-0.2, -0.15) is 0 Å². The number of carbonyl (C=O) groups is 3. The number of amides is 2. The summed E-state index contributed by atoms with van der Waals surface area (Å²) in [5, 5.41) is 15.5. The lowest BCUT2D eigenvalue weighted by Crippen LogP contribution is -2.59. The van der Waals surface area contributed by atoms with Crippen molar-refractivity contribution in [2.24, 2.45) is 0 Å². The summed E-state index contributed by atoms with van der Waals surface area (Å²) < 4.78 is 5.40. The van der Waals surface area contributed by atoms with Gasteiger partial charge in [0.1, 0.15) is 18.3 Å². The van der Waals surface area contributed by atoms with E-state index in [1.54, 1.807) is 36.4 Å². The SMILES string of the molecule is O=C(N[C@@H](Cc1ccccc1)C(=O)N1CCC[C@]1(O)C(=O)OCc1ccccc1)c1cc2cc(Cl)ccc2[nH]1. The number of halogens is 1. The summed E-state index contributed by atoms with van der Waals surface area (Å²) in [5.41, 5.74) is 0.444. The summed E-state index contributed by atoms with van der Waals surface area (Å²) in [4.78, 5) is 44.3. The zero-order valence-electron chi connectivity index (χ0n) is 21.1. The highest BCUT2D eigenvalue weighted by Gasteiger charge is 2.51. The van der Waals surface area contributed by atoms with Crippen molar-refractivity contribution < 1.29 is 24.2 Å². The zero-order chi connectivity index (χ0) is 27.4. The first kappa shape index (κ1) is 26.5. The number of aromatic amines is 1. The molecule has 0 aliphatic carbocycles. The first-order valence-corrected chi connectivity index (χ1v) is 13.1. The number of aromatic nitrogens is 1. The molecule has 0 unspecified atom stereocenters. The Morgan fingerprint density at radius 2 is 1.69 bits per heavy atom. The number of rotatable bonds is 8. The third-order valence-corrected chi connectivity index (χ3v) is 7.11. The Hall–Kier alpha value is -4.14. The molecule has 2 heterocycles. The van der Waals surface area contributed by atoms with Crippen molar-refractivity contribution in [2.75, 3.05) is 6.54 Å². The van der Waals surface area contributed by atoms with Crippen LogP contribution in [0.2, 0.25) is 5.02 Å². The fraction of sp³-hybridized carbons (Fsp3) is 0.233. The van der Waals surface area contributed by atoms with Crippen LogP contribution in [0.4, 0.5) is 0 Å². The van der Waals surface area contributed by atoms with Gasteiger partial charge in [0.2, 0.25) is 11.6 Å². The molecule has 9 heteroatoms. The van der Waals surface area contributed by atoms with E-state index < -0.39 is 29.6 Å². The van der Waals surface area contributed by atoms with Crippen molar-refractivity contribution >= 4 is 40.3 Å². The van der Waals surface area contributed by atoms with E-state index >= 15 is 0 Å². The fourth-order valence-electron chi connectivity index (χ4n) is 4.85. The lowest BCUT2D eigenvalue weighted by Gasteiger charge is -2.34. The van der Waals surface area contributed by atoms with Gasteiger partial charge in [-0.15, -0.1) is 0 Å². The van der Waals surface area contributed by atoms with Gasteiger partial charge in [0.15, 0.2) is 0 Å². The predicted octanol–water partition coefficient (Wildman–Crippen LogP) is 4.22. The van der Waals surface area contributed by atoms with E-state index in [9.17, 15) is 19.5 Å². The molecule has 4 aromatic rings. The standard InChI is InChI=1S/C30H28ClN3O5/c31-23-12-13-24-22(17-23)18-25(32-24)27(35)33-26(16-20-8-3-1-4-9-20)28(36)34-15-7-14-30(34,38)29(37)39-19-21-10-5-2-6-11-21/h1-6,8-13,17-18,26,32,38H,7,14-16,19H2,(H,33,35)/t26-,30-/m0/s1. The Kier molecular flexibility index (Phi) is 7.67. The fourth-order valence-corrected chi connectivity index (χ4v) is 5.03. The van der Waals surface area contributed by atoms with E-state index in [-0.39, 0.29) is 31.7 Å². The largest absolute Gasteiger partial charge is 0.457 e. The number of hydrogen-bond acceptors (Lipinski definition) is 5. The average Bonchev–Trinajstić information content (AvgIpc) is 3.56. The molecule has 1 aliphatic heterocycles. The Bertz CT molecular complexity index is 1490. The molecule has 2 amide bonds. The van der Waals surface area contributed by atoms with Gasteiger partial charge in [0.05, 0.1) is 0 Å². The van der Waals surface area contributed by atoms with Crippen molar-refractivity contribution in [1.82, 2.24) is 15.2 Å². The second kappa shape index (κ2) is 11.3. The highest BCUT2D eigenvalue weighted by Crippen LogP contribution is 2.30. The summed E-state index contributed by atoms with van der Waals surface area (Å²) in [5.74, 6) is -1.96. The molecular weight excluding hydrogens is 518 g/mol. The summed E-state index contributed by atoms with van der Waals surface area (Å²) in [6.07, 6.45) is 0.627. The number of benzene rings is 3. The van der Waals surface area contributed by atoms with Crippen molar-refractivity contribution in [3.05, 3.63) is 107 Å². The average molecular weight is 546 g/mol. The van der Waals surface area contributed by atoms with E-state index in [0.717, 1.165) is 26.9 Å². The van der Waals surface area contributed by atoms with Crippen LogP contribution in [0.15, 0.2) is 84.9 Å². The van der Waals surface area contributed by atoms with Crippen LogP contribution in [0, 0.1) is 0 Å². The first-order valence-electron chi connectivity index (χ1n) is 12.7. The minimum atomic E-state index is -2.12. The van der Waals surface area contributed by atoms with Crippen LogP contribution in [-0.2, 0) is 27.4 Å².